The smallest absolute Gasteiger partial charge is 0.214 e. The zero-order chi connectivity index (χ0) is 10.9. The molecule has 0 aliphatic heterocycles. The highest BCUT2D eigenvalue weighted by Gasteiger charge is 2.67. The van der Waals surface area contributed by atoms with Crippen LogP contribution in [0.15, 0.2) is 4.52 Å². The predicted molar refractivity (Wildman–Crippen MR) is 29.1 cm³/mol. The van der Waals surface area contributed by atoms with Crippen molar-refractivity contribution in [2.45, 2.75) is 11.4 Å². The first-order valence-corrected chi connectivity index (χ1v) is 3.76. The van der Waals surface area contributed by atoms with Crippen LogP contribution in [0.3, 0.4) is 0 Å². The van der Waals surface area contributed by atoms with Gasteiger partial charge in [-0.2, -0.15) is 22.0 Å². The number of hydrogen-bond acceptors (Lipinski definition) is 2. The molecule has 0 saturated heterocycles. The molecule has 0 rings (SSSR count). The fourth-order valence-corrected chi connectivity index (χ4v) is 0.737. The minimum atomic E-state index is -6.31. The van der Waals surface area contributed by atoms with Gasteiger partial charge in [0.15, 0.2) is 0 Å². The van der Waals surface area contributed by atoms with Gasteiger partial charge in [0.2, 0.25) is 0 Å². The molecule has 0 aliphatic rings. The maximum absolute atomic E-state index is 11.9. The standard InChI is InChI=1S/C2F5N3O2S/c3-1(4,5)2(6,7)13(11,12)10-9-8. The summed E-state index contributed by atoms with van der Waals surface area (Å²) in [5.41, 5.74) is 7.41. The summed E-state index contributed by atoms with van der Waals surface area (Å²) in [7, 11) is -6.22. The maximum atomic E-state index is 11.9. The van der Waals surface area contributed by atoms with Gasteiger partial charge >= 0.3 is 21.5 Å². The van der Waals surface area contributed by atoms with Crippen molar-refractivity contribution in [1.29, 1.82) is 0 Å². The molecule has 0 aromatic heterocycles. The Hall–Kier alpha value is -1.09. The molecule has 0 aromatic rings. The second-order valence-electron chi connectivity index (χ2n) is 1.66. The van der Waals surface area contributed by atoms with Crippen LogP contribution in [0.4, 0.5) is 22.0 Å². The minimum Gasteiger partial charge on any atom is -0.214 e. The van der Waals surface area contributed by atoms with E-state index in [1.165, 1.54) is 9.43 Å². The molecule has 0 unspecified atom stereocenters. The Bertz CT molecular complexity index is 337. The molecule has 0 aromatic carbocycles. The highest BCUT2D eigenvalue weighted by molar-refractivity contribution is 7.91. The van der Waals surface area contributed by atoms with Crippen LogP contribution < -0.4 is 0 Å². The van der Waals surface area contributed by atoms with Crippen molar-refractivity contribution in [2.24, 2.45) is 4.52 Å². The maximum Gasteiger partial charge on any atom is 0.469 e. The monoisotopic (exact) mass is 225 g/mol. The summed E-state index contributed by atoms with van der Waals surface area (Å²) in [6.07, 6.45) is -6.31. The minimum absolute atomic E-state index is 1.34. The van der Waals surface area contributed by atoms with Gasteiger partial charge in [0, 0.05) is 9.43 Å². The van der Waals surface area contributed by atoms with E-state index in [2.05, 4.69) is 0 Å². The molecule has 0 amide bonds. The molecule has 13 heavy (non-hydrogen) atoms. The molecule has 0 aliphatic carbocycles. The Morgan fingerprint density at radius 1 is 1.15 bits per heavy atom. The zero-order valence-corrected chi connectivity index (χ0v) is 6.27. The molecule has 0 radical (unpaired) electrons. The largest absolute Gasteiger partial charge is 0.469 e. The van der Waals surface area contributed by atoms with E-state index in [9.17, 15) is 30.4 Å². The van der Waals surface area contributed by atoms with Crippen LogP contribution in [0, 0.1) is 0 Å². The van der Waals surface area contributed by atoms with Crippen LogP contribution >= 0.6 is 0 Å². The molecule has 0 N–H and O–H groups in total. The average Bonchev–Trinajstić information content (AvgIpc) is 1.84. The second-order valence-corrected chi connectivity index (χ2v) is 3.29. The molecule has 0 bridgehead atoms. The molecular formula is C2F5N3O2S. The van der Waals surface area contributed by atoms with Gasteiger partial charge in [0.05, 0.1) is 0 Å². The number of azide groups is 1. The lowest BCUT2D eigenvalue weighted by atomic mass is 10.7. The van der Waals surface area contributed by atoms with Gasteiger partial charge in [-0.3, -0.25) is 0 Å². The van der Waals surface area contributed by atoms with E-state index in [-0.39, 0.29) is 0 Å². The molecule has 0 atom stereocenters. The van der Waals surface area contributed by atoms with Crippen molar-refractivity contribution in [1.82, 2.24) is 0 Å². The van der Waals surface area contributed by atoms with E-state index < -0.39 is 21.5 Å². The van der Waals surface area contributed by atoms with Crippen LogP contribution in [0.2, 0.25) is 0 Å². The van der Waals surface area contributed by atoms with Crippen molar-refractivity contribution in [2.75, 3.05) is 0 Å². The molecule has 0 fully saturated rings. The lowest BCUT2D eigenvalue weighted by molar-refractivity contribution is -0.241. The first kappa shape index (κ1) is 11.9. The van der Waals surface area contributed by atoms with Gasteiger partial charge in [-0.25, -0.2) is 8.42 Å². The summed E-state index contributed by atoms with van der Waals surface area (Å²) < 4.78 is 79.2. The Labute approximate surface area is 67.8 Å². The van der Waals surface area contributed by atoms with E-state index in [0.717, 1.165) is 0 Å². The third kappa shape index (κ3) is 1.98. The van der Waals surface area contributed by atoms with Gasteiger partial charge in [-0.15, -0.1) is 0 Å². The highest BCUT2D eigenvalue weighted by atomic mass is 32.2. The van der Waals surface area contributed by atoms with Gasteiger partial charge in [-0.05, 0) is 5.53 Å². The van der Waals surface area contributed by atoms with E-state index in [1.807, 2.05) is 0 Å². The molecule has 11 heteroatoms. The molecule has 76 valence electrons. The van der Waals surface area contributed by atoms with Crippen molar-refractivity contribution in [3.05, 3.63) is 10.4 Å². The zero-order valence-electron chi connectivity index (χ0n) is 5.46. The fraction of sp³-hybridized carbons (Fsp3) is 1.00. The second kappa shape index (κ2) is 3.00. The van der Waals surface area contributed by atoms with Crippen LogP contribution in [0.25, 0.3) is 10.4 Å². The van der Waals surface area contributed by atoms with Crippen LogP contribution in [-0.2, 0) is 10.0 Å². The summed E-state index contributed by atoms with van der Waals surface area (Å²) in [4.78, 5) is 1.34. The van der Waals surface area contributed by atoms with Crippen molar-refractivity contribution in [3.8, 4) is 0 Å². The number of rotatable bonds is 2. The molecule has 5 nitrogen and oxygen atoms in total. The third-order valence-corrected chi connectivity index (χ3v) is 1.97. The van der Waals surface area contributed by atoms with Gasteiger partial charge in [0.25, 0.3) is 0 Å². The molecule has 0 heterocycles. The molecule has 0 saturated carbocycles. The summed E-state index contributed by atoms with van der Waals surface area (Å²) in [5, 5.41) is -6.06. The summed E-state index contributed by atoms with van der Waals surface area (Å²) in [5.74, 6) is 0. The van der Waals surface area contributed by atoms with E-state index in [4.69, 9.17) is 5.53 Å². The lowest BCUT2D eigenvalue weighted by Gasteiger charge is -2.15. The van der Waals surface area contributed by atoms with Crippen LogP contribution in [0.5, 0.6) is 0 Å². The Kier molecular flexibility index (Phi) is 2.75. The Morgan fingerprint density at radius 3 is 1.77 bits per heavy atom. The van der Waals surface area contributed by atoms with Crippen LogP contribution in [-0.4, -0.2) is 19.8 Å². The Balaban J connectivity index is 5.43. The first-order chi connectivity index (χ1) is 5.56. The topological polar surface area (TPSA) is 82.9 Å². The number of nitrogens with zero attached hydrogens (tertiary/aromatic N) is 3. The summed E-state index contributed by atoms with van der Waals surface area (Å²) in [6, 6.07) is 0. The van der Waals surface area contributed by atoms with Crippen LogP contribution in [0.1, 0.15) is 0 Å². The number of hydrogen-bond donors (Lipinski definition) is 0. The number of alkyl halides is 5. The lowest BCUT2D eigenvalue weighted by Crippen LogP contribution is -2.42. The molecule has 0 spiro atoms. The third-order valence-electron chi connectivity index (χ3n) is 0.798. The quantitative estimate of drug-likeness (QED) is 0.310. The summed E-state index contributed by atoms with van der Waals surface area (Å²) >= 11 is 0. The van der Waals surface area contributed by atoms with Crippen molar-refractivity contribution >= 4 is 10.0 Å². The van der Waals surface area contributed by atoms with E-state index in [1.54, 1.807) is 0 Å². The number of sulfonamides is 1. The molecular weight excluding hydrogens is 225 g/mol. The van der Waals surface area contributed by atoms with Gasteiger partial charge in [-0.1, -0.05) is 0 Å². The van der Waals surface area contributed by atoms with Gasteiger partial charge in [0.1, 0.15) is 0 Å². The predicted octanol–water partition coefficient (Wildman–Crippen LogP) is 1.78. The van der Waals surface area contributed by atoms with Crippen molar-refractivity contribution in [3.63, 3.8) is 0 Å². The van der Waals surface area contributed by atoms with Gasteiger partial charge < -0.3 is 0 Å². The average molecular weight is 225 g/mol. The normalized spacial score (nSPS) is 13.6. The van der Waals surface area contributed by atoms with E-state index >= 15 is 0 Å². The van der Waals surface area contributed by atoms with E-state index in [0.29, 0.717) is 0 Å². The fourth-order valence-electron chi connectivity index (χ4n) is 0.246. The SMILES string of the molecule is [N-]=[N+]=NS(=O)(=O)C(F)(F)C(F)(F)F. The van der Waals surface area contributed by atoms with Crippen molar-refractivity contribution < 1.29 is 30.4 Å². The first-order valence-electron chi connectivity index (χ1n) is 2.31. The highest BCUT2D eigenvalue weighted by Crippen LogP contribution is 2.40. The summed E-state index contributed by atoms with van der Waals surface area (Å²) in [6.45, 7) is 0. The number of halogens is 5. The Morgan fingerprint density at radius 2 is 1.54 bits per heavy atom.